The van der Waals surface area contributed by atoms with Crippen LogP contribution in [-0.2, 0) is 41.6 Å². The number of nitrogens with two attached hydrogens (primary N) is 1. The highest BCUT2D eigenvalue weighted by Crippen LogP contribution is 2.20. The number of nitrogens with one attached hydrogen (secondary N) is 5. The van der Waals surface area contributed by atoms with Crippen molar-refractivity contribution >= 4 is 29.5 Å². The molecule has 280 valence electrons. The van der Waals surface area contributed by atoms with E-state index in [1.165, 1.54) is 12.1 Å². The molecule has 1 saturated heterocycles. The number of aliphatic hydroxyl groups is 4. The third kappa shape index (κ3) is 12.9. The van der Waals surface area contributed by atoms with Crippen molar-refractivity contribution < 1.29 is 54.2 Å². The molecule has 0 unspecified atom stereocenters. The summed E-state index contributed by atoms with van der Waals surface area (Å²) in [5.74, 6) is -3.64. The summed E-state index contributed by atoms with van der Waals surface area (Å²) in [6, 6.07) is 10.00. The van der Waals surface area contributed by atoms with E-state index in [0.717, 1.165) is 0 Å². The normalized spacial score (nSPS) is 21.8. The van der Waals surface area contributed by atoms with Crippen LogP contribution in [0.2, 0.25) is 0 Å². The van der Waals surface area contributed by atoms with E-state index in [0.29, 0.717) is 11.1 Å². The first-order chi connectivity index (χ1) is 24.2. The summed E-state index contributed by atoms with van der Waals surface area (Å²) in [6.07, 6.45) is -6.06. The van der Waals surface area contributed by atoms with E-state index in [2.05, 4.69) is 26.6 Å². The minimum Gasteiger partial charge on any atom is -0.508 e. The van der Waals surface area contributed by atoms with Gasteiger partial charge in [-0.2, -0.15) is 0 Å². The first-order valence-corrected chi connectivity index (χ1v) is 16.5. The zero-order valence-electron chi connectivity index (χ0n) is 28.4. The topological polar surface area (TPSA) is 282 Å². The molecule has 0 spiro atoms. The first kappa shape index (κ1) is 40.8. The molecule has 17 nitrogen and oxygen atoms in total. The lowest BCUT2D eigenvalue weighted by Gasteiger charge is -2.40. The molecular weight excluding hydrogens is 668 g/mol. The Labute approximate surface area is 294 Å². The molecule has 1 heterocycles. The standard InChI is InChI=1S/C34H48N6O11/c1-18(2)12-23(33(49)40-28-30(46)29(45)25(17-41)51-34(28)50)39-32(48)24(14-19-6-4-3-5-7-19)38-27(44)16-36-26(43)15-37-31(47)22(35)13-20-8-10-21(42)11-9-20/h3-11,18,22-25,28-30,34,41-42,45-46,50H,12-17,35H2,1-2H3,(H,36,43)(H,37,47)(H,38,44)(H,39,48)(H,40,49)/t22-,23-,24-,25+,28+,29+,30+,34-/m0/s1. The summed E-state index contributed by atoms with van der Waals surface area (Å²) in [4.78, 5) is 64.6. The maximum atomic E-state index is 13.6. The van der Waals surface area contributed by atoms with E-state index in [1.807, 2.05) is 0 Å². The van der Waals surface area contributed by atoms with Crippen molar-refractivity contribution in [2.75, 3.05) is 19.7 Å². The average molecular weight is 717 g/mol. The molecule has 0 bridgehead atoms. The van der Waals surface area contributed by atoms with Crippen molar-refractivity contribution in [3.63, 3.8) is 0 Å². The molecule has 5 amide bonds. The van der Waals surface area contributed by atoms with Crippen LogP contribution in [0.4, 0.5) is 0 Å². The fourth-order valence-corrected chi connectivity index (χ4v) is 5.32. The second kappa shape index (κ2) is 19.7. The van der Waals surface area contributed by atoms with Crippen molar-refractivity contribution in [2.24, 2.45) is 11.7 Å². The lowest BCUT2D eigenvalue weighted by molar-refractivity contribution is -0.254. The largest absolute Gasteiger partial charge is 0.508 e. The molecular formula is C34H48N6O11. The van der Waals surface area contributed by atoms with Crippen molar-refractivity contribution in [1.29, 1.82) is 0 Å². The maximum absolute atomic E-state index is 13.6. The van der Waals surface area contributed by atoms with E-state index in [1.54, 1.807) is 56.3 Å². The Bertz CT molecular complexity index is 1460. The highest BCUT2D eigenvalue weighted by molar-refractivity contribution is 5.94. The molecule has 1 aliphatic heterocycles. The number of hydrogen-bond acceptors (Lipinski definition) is 12. The summed E-state index contributed by atoms with van der Waals surface area (Å²) < 4.78 is 5.11. The van der Waals surface area contributed by atoms with Crippen LogP contribution in [0.15, 0.2) is 54.6 Å². The number of carbonyl (C=O) groups excluding carboxylic acids is 5. The van der Waals surface area contributed by atoms with Gasteiger partial charge in [-0.25, -0.2) is 0 Å². The van der Waals surface area contributed by atoms with Gasteiger partial charge in [0.2, 0.25) is 29.5 Å². The molecule has 17 heteroatoms. The van der Waals surface area contributed by atoms with Gasteiger partial charge >= 0.3 is 0 Å². The van der Waals surface area contributed by atoms with E-state index in [-0.39, 0.29) is 30.9 Å². The lowest BCUT2D eigenvalue weighted by atomic mass is 9.96. The summed E-state index contributed by atoms with van der Waals surface area (Å²) in [6.45, 7) is 1.90. The first-order valence-electron chi connectivity index (χ1n) is 16.5. The molecule has 1 fully saturated rings. The van der Waals surface area contributed by atoms with Crippen molar-refractivity contribution in [3.8, 4) is 5.75 Å². The zero-order valence-corrected chi connectivity index (χ0v) is 28.4. The second-order valence-corrected chi connectivity index (χ2v) is 12.7. The minimum absolute atomic E-state index is 0.0139. The molecule has 8 atom stereocenters. The number of aliphatic hydroxyl groups excluding tert-OH is 4. The molecule has 51 heavy (non-hydrogen) atoms. The predicted molar refractivity (Wildman–Crippen MR) is 181 cm³/mol. The Morgan fingerprint density at radius 3 is 2.02 bits per heavy atom. The van der Waals surface area contributed by atoms with Gasteiger partial charge in [0.15, 0.2) is 6.29 Å². The Morgan fingerprint density at radius 1 is 0.765 bits per heavy atom. The van der Waals surface area contributed by atoms with Gasteiger partial charge in [-0.05, 0) is 42.0 Å². The predicted octanol–water partition coefficient (Wildman–Crippen LogP) is -3.33. The Balaban J connectivity index is 1.60. The molecule has 12 N–H and O–H groups in total. The number of carbonyl (C=O) groups is 5. The number of phenolic OH excluding ortho intramolecular Hbond substituents is 1. The summed E-state index contributed by atoms with van der Waals surface area (Å²) >= 11 is 0. The van der Waals surface area contributed by atoms with Crippen LogP contribution in [0.3, 0.4) is 0 Å². The molecule has 0 saturated carbocycles. The van der Waals surface area contributed by atoms with Crippen LogP contribution in [0.1, 0.15) is 31.4 Å². The minimum atomic E-state index is -1.77. The highest BCUT2D eigenvalue weighted by atomic mass is 16.6. The summed E-state index contributed by atoms with van der Waals surface area (Å²) in [5, 5.41) is 62.1. The summed E-state index contributed by atoms with van der Waals surface area (Å²) in [7, 11) is 0. The third-order valence-electron chi connectivity index (χ3n) is 8.08. The SMILES string of the molecule is CC(C)C[C@H](NC(=O)[C@H](Cc1ccccc1)NC(=O)CNC(=O)CNC(=O)[C@@H](N)Cc1ccc(O)cc1)C(=O)N[C@@H]1[C@@H](O)[C@H](O)[C@@H](CO)O[C@@H]1O. The molecule has 0 aromatic heterocycles. The number of phenols is 1. The number of rotatable bonds is 17. The van der Waals surface area contributed by atoms with Crippen LogP contribution in [-0.4, -0.2) is 124 Å². The van der Waals surface area contributed by atoms with Crippen molar-refractivity contribution in [2.45, 2.75) is 81.9 Å². The van der Waals surface area contributed by atoms with Gasteiger partial charge in [0.1, 0.15) is 42.2 Å². The number of ether oxygens (including phenoxy) is 1. The Kier molecular flexibility index (Phi) is 15.7. The van der Waals surface area contributed by atoms with Gasteiger partial charge in [0.25, 0.3) is 0 Å². The molecule has 3 rings (SSSR count). The van der Waals surface area contributed by atoms with Gasteiger partial charge in [-0.3, -0.25) is 24.0 Å². The van der Waals surface area contributed by atoms with E-state index >= 15 is 0 Å². The van der Waals surface area contributed by atoms with Gasteiger partial charge in [0.05, 0.1) is 25.7 Å². The number of benzene rings is 2. The highest BCUT2D eigenvalue weighted by Gasteiger charge is 2.45. The van der Waals surface area contributed by atoms with Crippen LogP contribution < -0.4 is 32.3 Å². The van der Waals surface area contributed by atoms with Crippen LogP contribution in [0, 0.1) is 5.92 Å². The van der Waals surface area contributed by atoms with Gasteiger partial charge in [-0.15, -0.1) is 0 Å². The fraction of sp³-hybridized carbons (Fsp3) is 0.500. The molecule has 0 aliphatic carbocycles. The Morgan fingerprint density at radius 2 is 1.39 bits per heavy atom. The monoisotopic (exact) mass is 716 g/mol. The quantitative estimate of drug-likeness (QED) is 0.0767. The maximum Gasteiger partial charge on any atom is 0.243 e. The molecule has 2 aromatic carbocycles. The molecule has 0 radical (unpaired) electrons. The second-order valence-electron chi connectivity index (χ2n) is 12.7. The summed E-state index contributed by atoms with van der Waals surface area (Å²) in [5.41, 5.74) is 7.30. The number of hydrogen-bond donors (Lipinski definition) is 11. The van der Waals surface area contributed by atoms with Gasteiger partial charge < -0.3 is 62.6 Å². The Hall–Kier alpha value is -4.65. The molecule has 1 aliphatic rings. The van der Waals surface area contributed by atoms with E-state index in [9.17, 15) is 49.5 Å². The fourth-order valence-electron chi connectivity index (χ4n) is 5.32. The average Bonchev–Trinajstić information content (AvgIpc) is 3.10. The number of aromatic hydroxyl groups is 1. The third-order valence-corrected chi connectivity index (χ3v) is 8.08. The molecule has 2 aromatic rings. The zero-order chi connectivity index (χ0) is 37.7. The van der Waals surface area contributed by atoms with Gasteiger partial charge in [-0.1, -0.05) is 56.3 Å². The number of amides is 5. The lowest BCUT2D eigenvalue weighted by Crippen LogP contribution is -2.66. The van der Waals surface area contributed by atoms with Crippen LogP contribution in [0.5, 0.6) is 5.75 Å². The smallest absolute Gasteiger partial charge is 0.243 e. The van der Waals surface area contributed by atoms with Crippen molar-refractivity contribution in [1.82, 2.24) is 26.6 Å². The van der Waals surface area contributed by atoms with E-state index < -0.39 is 98.0 Å². The van der Waals surface area contributed by atoms with Crippen LogP contribution >= 0.6 is 0 Å². The van der Waals surface area contributed by atoms with Crippen molar-refractivity contribution in [3.05, 3.63) is 65.7 Å². The van der Waals surface area contributed by atoms with Gasteiger partial charge in [0, 0.05) is 6.42 Å². The van der Waals surface area contributed by atoms with E-state index in [4.69, 9.17) is 10.5 Å². The van der Waals surface area contributed by atoms with Crippen LogP contribution in [0.25, 0.3) is 0 Å².